The summed E-state index contributed by atoms with van der Waals surface area (Å²) in [6.45, 7) is 1.85. The van der Waals surface area contributed by atoms with E-state index in [4.69, 9.17) is 0 Å². The van der Waals surface area contributed by atoms with E-state index in [1.165, 1.54) is 11.3 Å². The van der Waals surface area contributed by atoms with Crippen LogP contribution in [-0.4, -0.2) is 16.1 Å². The van der Waals surface area contributed by atoms with Crippen molar-refractivity contribution in [1.29, 1.82) is 0 Å². The molecule has 2 rings (SSSR count). The zero-order valence-corrected chi connectivity index (χ0v) is 11.4. The lowest BCUT2D eigenvalue weighted by atomic mass is 10.3. The van der Waals surface area contributed by atoms with Crippen molar-refractivity contribution in [2.45, 2.75) is 6.92 Å². The van der Waals surface area contributed by atoms with Gasteiger partial charge in [0.1, 0.15) is 5.01 Å². The van der Waals surface area contributed by atoms with Crippen LogP contribution in [0, 0.1) is 9.81 Å². The number of carbonyl (C=O) groups is 1. The number of aromatic nitrogens is 2. The van der Waals surface area contributed by atoms with Gasteiger partial charge in [-0.05, 0) is 35.6 Å². The van der Waals surface area contributed by atoms with Crippen LogP contribution >= 0.6 is 45.3 Å². The number of aryl methyl sites for hydroxylation is 1. The van der Waals surface area contributed by atoms with Crippen LogP contribution in [0.25, 0.3) is 0 Å². The maximum atomic E-state index is 11.7. The molecular weight excluding hydrogens is 345 g/mol. The Balaban J connectivity index is 2.10. The van der Waals surface area contributed by atoms with E-state index in [1.807, 2.05) is 18.4 Å². The highest BCUT2D eigenvalue weighted by molar-refractivity contribution is 14.1. The van der Waals surface area contributed by atoms with Crippen LogP contribution in [0.4, 0.5) is 5.13 Å². The third-order valence-corrected chi connectivity index (χ3v) is 4.12. The summed E-state index contributed by atoms with van der Waals surface area (Å²) in [6.07, 6.45) is 0. The van der Waals surface area contributed by atoms with Crippen molar-refractivity contribution in [3.8, 4) is 0 Å². The zero-order chi connectivity index (χ0) is 10.8. The minimum absolute atomic E-state index is 0.134. The Bertz CT molecular complexity index is 494. The van der Waals surface area contributed by atoms with Gasteiger partial charge in [0.2, 0.25) is 5.13 Å². The van der Waals surface area contributed by atoms with Gasteiger partial charge < -0.3 is 0 Å². The molecule has 0 bridgehead atoms. The van der Waals surface area contributed by atoms with Gasteiger partial charge in [-0.2, -0.15) is 0 Å². The number of amides is 1. The van der Waals surface area contributed by atoms with Crippen LogP contribution < -0.4 is 5.32 Å². The van der Waals surface area contributed by atoms with Crippen LogP contribution in [0.1, 0.15) is 15.4 Å². The second-order valence-electron chi connectivity index (χ2n) is 2.72. The summed E-state index contributed by atoms with van der Waals surface area (Å²) in [5.74, 6) is -0.134. The number of hydrogen-bond acceptors (Lipinski definition) is 5. The van der Waals surface area contributed by atoms with Crippen LogP contribution in [0.15, 0.2) is 11.4 Å². The van der Waals surface area contributed by atoms with E-state index in [-0.39, 0.29) is 5.91 Å². The third-order valence-electron chi connectivity index (χ3n) is 1.58. The summed E-state index contributed by atoms with van der Waals surface area (Å²) in [5, 5.41) is 13.6. The van der Waals surface area contributed by atoms with E-state index < -0.39 is 0 Å². The summed E-state index contributed by atoms with van der Waals surface area (Å²) in [7, 11) is 0. The molecule has 0 spiro atoms. The molecule has 0 aliphatic rings. The molecular formula is C8H6IN3OS2. The molecule has 2 aromatic rings. The number of anilines is 1. The molecule has 78 valence electrons. The van der Waals surface area contributed by atoms with Gasteiger partial charge in [0.05, 0.1) is 8.45 Å². The predicted octanol–water partition coefficient (Wildman–Crippen LogP) is 2.76. The number of hydrogen-bond donors (Lipinski definition) is 1. The van der Waals surface area contributed by atoms with Gasteiger partial charge >= 0.3 is 0 Å². The Hall–Kier alpha value is -0.540. The first-order chi connectivity index (χ1) is 7.15. The highest BCUT2D eigenvalue weighted by atomic mass is 127. The molecule has 15 heavy (non-hydrogen) atoms. The number of rotatable bonds is 2. The lowest BCUT2D eigenvalue weighted by Gasteiger charge is -1.96. The molecule has 1 N–H and O–H groups in total. The van der Waals surface area contributed by atoms with Crippen LogP contribution in [0.2, 0.25) is 0 Å². The minimum atomic E-state index is -0.134. The summed E-state index contributed by atoms with van der Waals surface area (Å²) >= 11 is 5.09. The van der Waals surface area contributed by atoms with E-state index in [0.29, 0.717) is 10.7 Å². The molecule has 0 fully saturated rings. The van der Waals surface area contributed by atoms with Crippen molar-refractivity contribution >= 4 is 56.3 Å². The van der Waals surface area contributed by atoms with E-state index in [2.05, 4.69) is 38.1 Å². The fraction of sp³-hybridized carbons (Fsp3) is 0.125. The van der Waals surface area contributed by atoms with Crippen LogP contribution in [-0.2, 0) is 0 Å². The van der Waals surface area contributed by atoms with E-state index in [1.54, 1.807) is 11.3 Å². The Morgan fingerprint density at radius 3 is 2.87 bits per heavy atom. The maximum Gasteiger partial charge on any atom is 0.258 e. The van der Waals surface area contributed by atoms with Gasteiger partial charge in [-0.25, -0.2) is 0 Å². The van der Waals surface area contributed by atoms with Crippen LogP contribution in [0.3, 0.4) is 0 Å². The Morgan fingerprint density at radius 2 is 2.33 bits per heavy atom. The number of nitrogens with zero attached hydrogens (tertiary/aromatic N) is 2. The van der Waals surface area contributed by atoms with Gasteiger partial charge in [0.25, 0.3) is 5.91 Å². The Labute approximate surface area is 108 Å². The summed E-state index contributed by atoms with van der Waals surface area (Å²) < 4.78 is 1.09. The Morgan fingerprint density at radius 1 is 1.53 bits per heavy atom. The second-order valence-corrected chi connectivity index (χ2v) is 6.71. The molecule has 0 aromatic carbocycles. The standard InChI is InChI=1S/C8H6IN3OS2/c1-4-11-12-8(15-4)10-7(13)5-2-6(9)14-3-5/h2-3H,1H3,(H,10,12,13). The number of nitrogens with one attached hydrogen (secondary N) is 1. The summed E-state index contributed by atoms with van der Waals surface area (Å²) in [4.78, 5) is 11.7. The molecule has 0 atom stereocenters. The molecule has 0 aliphatic carbocycles. The van der Waals surface area contributed by atoms with Crippen molar-refractivity contribution in [2.75, 3.05) is 5.32 Å². The molecule has 2 aromatic heterocycles. The molecule has 0 radical (unpaired) electrons. The van der Waals surface area contributed by atoms with E-state index >= 15 is 0 Å². The largest absolute Gasteiger partial charge is 0.296 e. The van der Waals surface area contributed by atoms with Gasteiger partial charge in [0.15, 0.2) is 0 Å². The highest BCUT2D eigenvalue weighted by Crippen LogP contribution is 2.19. The predicted molar refractivity (Wildman–Crippen MR) is 69.6 cm³/mol. The summed E-state index contributed by atoms with van der Waals surface area (Å²) in [5.41, 5.74) is 0.664. The Kier molecular flexibility index (Phi) is 3.32. The van der Waals surface area contributed by atoms with Crippen molar-refractivity contribution in [2.24, 2.45) is 0 Å². The zero-order valence-electron chi connectivity index (χ0n) is 7.65. The number of thiophene rings is 1. The molecule has 4 nitrogen and oxygen atoms in total. The topological polar surface area (TPSA) is 54.9 Å². The lowest BCUT2D eigenvalue weighted by Crippen LogP contribution is -2.10. The molecule has 0 saturated carbocycles. The second kappa shape index (κ2) is 4.54. The average molecular weight is 351 g/mol. The average Bonchev–Trinajstić information content (AvgIpc) is 2.75. The van der Waals surface area contributed by atoms with E-state index in [9.17, 15) is 4.79 Å². The first-order valence-corrected chi connectivity index (χ1v) is 6.78. The number of carbonyl (C=O) groups excluding carboxylic acids is 1. The quantitative estimate of drug-likeness (QED) is 0.847. The fourth-order valence-electron chi connectivity index (χ4n) is 0.946. The smallest absolute Gasteiger partial charge is 0.258 e. The third kappa shape index (κ3) is 2.73. The minimum Gasteiger partial charge on any atom is -0.296 e. The normalized spacial score (nSPS) is 10.3. The van der Waals surface area contributed by atoms with Crippen molar-refractivity contribution in [3.05, 3.63) is 24.9 Å². The molecule has 2 heterocycles. The molecule has 0 unspecified atom stereocenters. The van der Waals surface area contributed by atoms with Crippen molar-refractivity contribution < 1.29 is 4.79 Å². The van der Waals surface area contributed by atoms with Gasteiger partial charge in [0, 0.05) is 5.38 Å². The van der Waals surface area contributed by atoms with Gasteiger partial charge in [-0.3, -0.25) is 10.1 Å². The molecule has 0 aliphatic heterocycles. The molecule has 7 heteroatoms. The highest BCUT2D eigenvalue weighted by Gasteiger charge is 2.10. The first kappa shape index (κ1) is 11.0. The van der Waals surface area contributed by atoms with Gasteiger partial charge in [-0.1, -0.05) is 11.3 Å². The monoisotopic (exact) mass is 351 g/mol. The molecule has 0 saturated heterocycles. The van der Waals surface area contributed by atoms with Crippen LogP contribution in [0.5, 0.6) is 0 Å². The van der Waals surface area contributed by atoms with Crippen molar-refractivity contribution in [1.82, 2.24) is 10.2 Å². The maximum absolute atomic E-state index is 11.7. The lowest BCUT2D eigenvalue weighted by molar-refractivity contribution is 0.102. The van der Waals surface area contributed by atoms with Gasteiger partial charge in [-0.15, -0.1) is 21.5 Å². The van der Waals surface area contributed by atoms with Crippen molar-refractivity contribution in [3.63, 3.8) is 0 Å². The first-order valence-electron chi connectivity index (χ1n) is 4.00. The van der Waals surface area contributed by atoms with E-state index in [0.717, 1.165) is 7.89 Å². The fourth-order valence-corrected chi connectivity index (χ4v) is 2.86. The molecule has 1 amide bonds. The number of halogens is 1. The SMILES string of the molecule is Cc1nnc(NC(=O)c2csc(I)c2)s1. The summed E-state index contributed by atoms with van der Waals surface area (Å²) in [6, 6.07) is 1.84.